The van der Waals surface area contributed by atoms with E-state index in [1.54, 1.807) is 11.0 Å². The third kappa shape index (κ3) is 1.84. The zero-order valence-corrected chi connectivity index (χ0v) is 10.2. The molecule has 6 nitrogen and oxygen atoms in total. The topological polar surface area (TPSA) is 50.1 Å². The predicted molar refractivity (Wildman–Crippen MR) is 66.0 cm³/mol. The second-order valence-electron chi connectivity index (χ2n) is 4.53. The number of aromatic nitrogens is 4. The van der Waals surface area contributed by atoms with Crippen molar-refractivity contribution in [1.82, 2.24) is 24.6 Å². The van der Waals surface area contributed by atoms with Gasteiger partial charge in [0.25, 0.3) is 0 Å². The van der Waals surface area contributed by atoms with Crippen LogP contribution in [0.4, 0.5) is 5.82 Å². The maximum atomic E-state index is 4.41. The quantitative estimate of drug-likeness (QED) is 0.698. The number of hydrogen-bond donors (Lipinski definition) is 0. The molecule has 0 amide bonds. The van der Waals surface area contributed by atoms with Crippen molar-refractivity contribution in [1.29, 1.82) is 0 Å². The average molecular weight is 232 g/mol. The molecule has 6 heteroatoms. The first-order valence-electron chi connectivity index (χ1n) is 5.82. The van der Waals surface area contributed by atoms with Crippen LogP contribution in [-0.2, 0) is 7.05 Å². The summed E-state index contributed by atoms with van der Waals surface area (Å²) in [5, 5.41) is 5.35. The van der Waals surface area contributed by atoms with Crippen LogP contribution in [0.3, 0.4) is 0 Å². The Hall–Kier alpha value is -1.69. The van der Waals surface area contributed by atoms with Gasteiger partial charge in [-0.3, -0.25) is 4.68 Å². The van der Waals surface area contributed by atoms with Gasteiger partial charge in [0.05, 0.1) is 5.39 Å². The Kier molecular flexibility index (Phi) is 2.44. The van der Waals surface area contributed by atoms with Crippen LogP contribution in [0.15, 0.2) is 12.5 Å². The molecule has 0 saturated carbocycles. The van der Waals surface area contributed by atoms with Gasteiger partial charge in [0, 0.05) is 39.4 Å². The van der Waals surface area contributed by atoms with Crippen LogP contribution in [0.1, 0.15) is 0 Å². The van der Waals surface area contributed by atoms with Gasteiger partial charge < -0.3 is 9.80 Å². The van der Waals surface area contributed by atoms with Crippen molar-refractivity contribution in [2.24, 2.45) is 7.05 Å². The Morgan fingerprint density at radius 3 is 2.59 bits per heavy atom. The number of anilines is 1. The number of nitrogens with zero attached hydrogens (tertiary/aromatic N) is 6. The summed E-state index contributed by atoms with van der Waals surface area (Å²) in [6.45, 7) is 4.17. The summed E-state index contributed by atoms with van der Waals surface area (Å²) in [6, 6.07) is 0. The van der Waals surface area contributed by atoms with Crippen LogP contribution < -0.4 is 4.90 Å². The lowest BCUT2D eigenvalue weighted by Crippen LogP contribution is -2.44. The average Bonchev–Trinajstić information content (AvgIpc) is 2.70. The van der Waals surface area contributed by atoms with Crippen molar-refractivity contribution in [2.75, 3.05) is 38.1 Å². The Bertz CT molecular complexity index is 526. The molecule has 0 aliphatic carbocycles. The molecule has 0 N–H and O–H groups in total. The lowest BCUT2D eigenvalue weighted by Gasteiger charge is -2.33. The molecule has 1 saturated heterocycles. The second kappa shape index (κ2) is 3.96. The van der Waals surface area contributed by atoms with Crippen LogP contribution in [0.2, 0.25) is 0 Å². The molecular formula is C11H16N6. The summed E-state index contributed by atoms with van der Waals surface area (Å²) >= 11 is 0. The van der Waals surface area contributed by atoms with Gasteiger partial charge in [-0.2, -0.15) is 5.10 Å². The standard InChI is InChI=1S/C11H16N6/c1-15-3-5-17(6-4-15)11-9-7-16(2)14-10(9)12-8-13-11/h7-8H,3-6H2,1-2H3. The number of piperazine rings is 1. The van der Waals surface area contributed by atoms with Gasteiger partial charge in [-0.1, -0.05) is 0 Å². The predicted octanol–water partition coefficient (Wildman–Crippen LogP) is 0.115. The van der Waals surface area contributed by atoms with Crippen molar-refractivity contribution >= 4 is 16.9 Å². The lowest BCUT2D eigenvalue weighted by atomic mass is 10.3. The summed E-state index contributed by atoms with van der Waals surface area (Å²) < 4.78 is 1.79. The Morgan fingerprint density at radius 1 is 1.06 bits per heavy atom. The molecule has 3 rings (SSSR count). The van der Waals surface area contributed by atoms with Gasteiger partial charge in [-0.25, -0.2) is 9.97 Å². The summed E-state index contributed by atoms with van der Waals surface area (Å²) in [4.78, 5) is 13.2. The SMILES string of the molecule is CN1CCN(c2ncnc3nn(C)cc23)CC1. The monoisotopic (exact) mass is 232 g/mol. The summed E-state index contributed by atoms with van der Waals surface area (Å²) in [5.41, 5.74) is 0.774. The van der Waals surface area contributed by atoms with Crippen molar-refractivity contribution in [3.63, 3.8) is 0 Å². The van der Waals surface area contributed by atoms with Crippen LogP contribution in [0, 0.1) is 0 Å². The molecule has 3 heterocycles. The Morgan fingerprint density at radius 2 is 1.82 bits per heavy atom. The maximum Gasteiger partial charge on any atom is 0.186 e. The number of hydrogen-bond acceptors (Lipinski definition) is 5. The van der Waals surface area contributed by atoms with Crippen molar-refractivity contribution < 1.29 is 0 Å². The first-order valence-corrected chi connectivity index (χ1v) is 5.82. The molecule has 0 unspecified atom stereocenters. The van der Waals surface area contributed by atoms with Gasteiger partial charge in [0.1, 0.15) is 12.1 Å². The third-order valence-electron chi connectivity index (χ3n) is 3.21. The highest BCUT2D eigenvalue weighted by Crippen LogP contribution is 2.22. The van der Waals surface area contributed by atoms with E-state index in [9.17, 15) is 0 Å². The summed E-state index contributed by atoms with van der Waals surface area (Å²) in [5.74, 6) is 1.01. The highest BCUT2D eigenvalue weighted by atomic mass is 15.3. The zero-order chi connectivity index (χ0) is 11.8. The molecule has 1 aliphatic heterocycles. The van der Waals surface area contributed by atoms with Crippen LogP contribution >= 0.6 is 0 Å². The molecule has 1 fully saturated rings. The van der Waals surface area contributed by atoms with E-state index in [2.05, 4.69) is 31.9 Å². The molecule has 1 aliphatic rings. The van der Waals surface area contributed by atoms with Gasteiger partial charge in [0.2, 0.25) is 0 Å². The Balaban J connectivity index is 1.99. The van der Waals surface area contributed by atoms with E-state index in [1.807, 2.05) is 13.2 Å². The van der Waals surface area contributed by atoms with Crippen LogP contribution in [0.25, 0.3) is 11.0 Å². The van der Waals surface area contributed by atoms with E-state index in [4.69, 9.17) is 0 Å². The fraction of sp³-hybridized carbons (Fsp3) is 0.545. The highest BCUT2D eigenvalue weighted by Gasteiger charge is 2.18. The van der Waals surface area contributed by atoms with E-state index < -0.39 is 0 Å². The van der Waals surface area contributed by atoms with E-state index in [1.165, 1.54) is 0 Å². The molecule has 0 radical (unpaired) electrons. The molecule has 2 aromatic heterocycles. The summed E-state index contributed by atoms with van der Waals surface area (Å²) in [7, 11) is 4.06. The number of fused-ring (bicyclic) bond motifs is 1. The number of likely N-dealkylation sites (N-methyl/N-ethyl adjacent to an activating group) is 1. The smallest absolute Gasteiger partial charge is 0.186 e. The fourth-order valence-corrected chi connectivity index (χ4v) is 2.21. The van der Waals surface area contributed by atoms with E-state index in [0.717, 1.165) is 43.0 Å². The first kappa shape index (κ1) is 10.5. The van der Waals surface area contributed by atoms with Crippen LogP contribution in [0.5, 0.6) is 0 Å². The minimum absolute atomic E-state index is 0.774. The third-order valence-corrected chi connectivity index (χ3v) is 3.21. The van der Waals surface area contributed by atoms with Gasteiger partial charge in [0.15, 0.2) is 5.65 Å². The van der Waals surface area contributed by atoms with Crippen molar-refractivity contribution in [2.45, 2.75) is 0 Å². The minimum atomic E-state index is 0.774. The minimum Gasteiger partial charge on any atom is -0.353 e. The normalized spacial score (nSPS) is 17.9. The molecular weight excluding hydrogens is 216 g/mol. The molecule has 90 valence electrons. The number of aryl methyl sites for hydroxylation is 1. The van der Waals surface area contributed by atoms with E-state index in [0.29, 0.717) is 0 Å². The fourth-order valence-electron chi connectivity index (χ4n) is 2.21. The van der Waals surface area contributed by atoms with Crippen LogP contribution in [-0.4, -0.2) is 57.9 Å². The second-order valence-corrected chi connectivity index (χ2v) is 4.53. The van der Waals surface area contributed by atoms with Gasteiger partial charge in [-0.05, 0) is 7.05 Å². The molecule has 2 aromatic rings. The largest absolute Gasteiger partial charge is 0.353 e. The van der Waals surface area contributed by atoms with Gasteiger partial charge in [-0.15, -0.1) is 0 Å². The molecule has 0 bridgehead atoms. The molecule has 0 spiro atoms. The van der Waals surface area contributed by atoms with E-state index >= 15 is 0 Å². The van der Waals surface area contributed by atoms with Gasteiger partial charge >= 0.3 is 0 Å². The zero-order valence-electron chi connectivity index (χ0n) is 10.2. The van der Waals surface area contributed by atoms with Crippen molar-refractivity contribution in [3.05, 3.63) is 12.5 Å². The molecule has 17 heavy (non-hydrogen) atoms. The number of rotatable bonds is 1. The van der Waals surface area contributed by atoms with Crippen molar-refractivity contribution in [3.8, 4) is 0 Å². The lowest BCUT2D eigenvalue weighted by molar-refractivity contribution is 0.312. The first-order chi connectivity index (χ1) is 8.24. The summed E-state index contributed by atoms with van der Waals surface area (Å²) in [6.07, 6.45) is 3.59. The Labute approximate surface area is 99.9 Å². The molecule has 0 atom stereocenters. The van der Waals surface area contributed by atoms with E-state index in [-0.39, 0.29) is 0 Å². The highest BCUT2D eigenvalue weighted by molar-refractivity contribution is 5.86. The maximum absolute atomic E-state index is 4.41. The molecule has 0 aromatic carbocycles.